The molecule has 1 aliphatic rings. The van der Waals surface area contributed by atoms with Gasteiger partial charge in [0.05, 0.1) is 17.9 Å². The van der Waals surface area contributed by atoms with Gasteiger partial charge in [-0.2, -0.15) is 0 Å². The molecule has 3 aromatic rings. The van der Waals surface area contributed by atoms with Crippen LogP contribution in [0.2, 0.25) is 0 Å². The number of ketones is 1. The summed E-state index contributed by atoms with van der Waals surface area (Å²) < 4.78 is 1.93. The Bertz CT molecular complexity index is 1070. The van der Waals surface area contributed by atoms with Crippen molar-refractivity contribution in [1.29, 1.82) is 0 Å². The van der Waals surface area contributed by atoms with E-state index in [1.165, 1.54) is 12.4 Å². The summed E-state index contributed by atoms with van der Waals surface area (Å²) in [6.07, 6.45) is 9.01. The first-order chi connectivity index (χ1) is 14.6. The number of imidazole rings is 1. The van der Waals surface area contributed by atoms with Crippen LogP contribution >= 0.6 is 0 Å². The largest absolute Gasteiger partial charge is 0.507 e. The van der Waals surface area contributed by atoms with E-state index in [4.69, 9.17) is 0 Å². The van der Waals surface area contributed by atoms with Gasteiger partial charge in [0, 0.05) is 43.4 Å². The summed E-state index contributed by atoms with van der Waals surface area (Å²) in [7, 11) is 0. The van der Waals surface area contributed by atoms with Crippen molar-refractivity contribution in [2.24, 2.45) is 0 Å². The van der Waals surface area contributed by atoms with Crippen LogP contribution in [0.15, 0.2) is 73.1 Å². The third kappa shape index (κ3) is 3.74. The molecule has 152 valence electrons. The zero-order valence-electron chi connectivity index (χ0n) is 16.6. The van der Waals surface area contributed by atoms with E-state index in [0.717, 1.165) is 11.1 Å². The molecule has 1 atom stereocenters. The second-order valence-corrected chi connectivity index (χ2v) is 7.29. The number of hydrogen-bond donors (Lipinski definition) is 1. The fraction of sp³-hybridized carbons (Fsp3) is 0.217. The topological polar surface area (TPSA) is 88.3 Å². The number of benzene rings is 1. The predicted molar refractivity (Wildman–Crippen MR) is 111 cm³/mol. The Morgan fingerprint density at radius 3 is 2.40 bits per heavy atom. The van der Waals surface area contributed by atoms with Crippen LogP contribution in [0.4, 0.5) is 0 Å². The molecule has 30 heavy (non-hydrogen) atoms. The predicted octanol–water partition coefficient (Wildman–Crippen LogP) is 3.10. The van der Waals surface area contributed by atoms with Crippen LogP contribution < -0.4 is 0 Å². The molecule has 0 aliphatic carbocycles. The molecule has 7 heteroatoms. The van der Waals surface area contributed by atoms with Crippen molar-refractivity contribution in [3.63, 3.8) is 0 Å². The summed E-state index contributed by atoms with van der Waals surface area (Å²) in [5, 5.41) is 10.9. The van der Waals surface area contributed by atoms with Gasteiger partial charge in [-0.15, -0.1) is 0 Å². The Hall–Kier alpha value is -3.74. The molecule has 1 amide bonds. The quantitative estimate of drug-likeness (QED) is 0.389. The normalized spacial score (nSPS) is 18.2. The minimum atomic E-state index is -0.669. The second kappa shape index (κ2) is 8.32. The first-order valence-electron chi connectivity index (χ1n) is 9.77. The molecule has 1 N–H and O–H groups in total. The lowest BCUT2D eigenvalue weighted by molar-refractivity contribution is -0.139. The van der Waals surface area contributed by atoms with Gasteiger partial charge >= 0.3 is 0 Å². The van der Waals surface area contributed by atoms with Crippen molar-refractivity contribution in [3.05, 3.63) is 89.8 Å². The molecule has 0 radical (unpaired) electrons. The van der Waals surface area contributed by atoms with E-state index in [1.54, 1.807) is 29.6 Å². The number of carbonyl (C=O) groups excluding carboxylic acids is 2. The number of aryl methyl sites for hydroxylation is 2. The molecular formula is C23H22N4O3. The first kappa shape index (κ1) is 19.6. The van der Waals surface area contributed by atoms with E-state index in [1.807, 2.05) is 42.0 Å². The minimum absolute atomic E-state index is 0.109. The maximum absolute atomic E-state index is 12.9. The highest BCUT2D eigenvalue weighted by Crippen LogP contribution is 2.39. The van der Waals surface area contributed by atoms with E-state index < -0.39 is 17.7 Å². The third-order valence-electron chi connectivity index (χ3n) is 5.26. The lowest BCUT2D eigenvalue weighted by atomic mass is 9.95. The molecule has 0 bridgehead atoms. The summed E-state index contributed by atoms with van der Waals surface area (Å²) in [4.78, 5) is 35.4. The Kier molecular flexibility index (Phi) is 5.43. The van der Waals surface area contributed by atoms with Gasteiger partial charge in [-0.05, 0) is 31.0 Å². The van der Waals surface area contributed by atoms with Crippen LogP contribution in [0.5, 0.6) is 0 Å². The van der Waals surface area contributed by atoms with Gasteiger partial charge < -0.3 is 14.6 Å². The first-order valence-corrected chi connectivity index (χ1v) is 9.77. The molecular weight excluding hydrogens is 380 g/mol. The number of aromatic nitrogens is 3. The lowest BCUT2D eigenvalue weighted by Crippen LogP contribution is -2.31. The number of likely N-dealkylation sites (tertiary alicyclic amines) is 1. The van der Waals surface area contributed by atoms with Gasteiger partial charge in [-0.1, -0.05) is 29.8 Å². The van der Waals surface area contributed by atoms with E-state index in [0.29, 0.717) is 25.1 Å². The Labute approximate surface area is 174 Å². The highest BCUT2D eigenvalue weighted by molar-refractivity contribution is 6.46. The van der Waals surface area contributed by atoms with E-state index >= 15 is 0 Å². The van der Waals surface area contributed by atoms with Crippen LogP contribution in [0.25, 0.3) is 5.76 Å². The molecule has 1 aromatic carbocycles. The van der Waals surface area contributed by atoms with Crippen LogP contribution in [0, 0.1) is 6.92 Å². The molecule has 3 heterocycles. The number of carbonyl (C=O) groups is 2. The summed E-state index contributed by atoms with van der Waals surface area (Å²) in [5.41, 5.74) is 2.43. The molecule has 0 saturated carbocycles. The Morgan fingerprint density at radius 2 is 1.73 bits per heavy atom. The number of rotatable bonds is 6. The van der Waals surface area contributed by atoms with E-state index in [-0.39, 0.29) is 11.3 Å². The van der Waals surface area contributed by atoms with E-state index in [2.05, 4.69) is 9.97 Å². The number of amides is 1. The number of aliphatic hydroxyl groups is 1. The van der Waals surface area contributed by atoms with Crippen LogP contribution in [-0.4, -0.2) is 42.8 Å². The maximum Gasteiger partial charge on any atom is 0.295 e. The van der Waals surface area contributed by atoms with E-state index in [9.17, 15) is 14.7 Å². The molecule has 1 aliphatic heterocycles. The fourth-order valence-corrected chi connectivity index (χ4v) is 3.71. The summed E-state index contributed by atoms with van der Waals surface area (Å²) in [5.74, 6) is -1.45. The highest BCUT2D eigenvalue weighted by Gasteiger charge is 2.45. The molecule has 1 fully saturated rings. The number of nitrogens with zero attached hydrogens (tertiary/aromatic N) is 4. The summed E-state index contributed by atoms with van der Waals surface area (Å²) in [6.45, 7) is 3.03. The monoisotopic (exact) mass is 402 g/mol. The van der Waals surface area contributed by atoms with Gasteiger partial charge in [-0.25, -0.2) is 4.98 Å². The van der Waals surface area contributed by atoms with Gasteiger partial charge in [0.15, 0.2) is 0 Å². The number of Topliss-reactive ketones (excluding diaryl/α,β-unsaturated/α-hetero) is 1. The number of pyridine rings is 1. The van der Waals surface area contributed by atoms with Crippen LogP contribution in [0.1, 0.15) is 29.2 Å². The standard InChI is InChI=1S/C23H22N4O3/c1-16-3-5-17(6-4-16)20-19(21(28)18-7-9-24-10-8-18)22(29)23(30)27(20)13-2-12-26-14-11-25-15-26/h3-11,14-15,20,28H,2,12-13H2,1H3. The zero-order valence-corrected chi connectivity index (χ0v) is 16.6. The van der Waals surface area contributed by atoms with Crippen molar-refractivity contribution in [2.75, 3.05) is 6.54 Å². The molecule has 2 aromatic heterocycles. The molecule has 7 nitrogen and oxygen atoms in total. The average molecular weight is 402 g/mol. The Morgan fingerprint density at radius 1 is 1.00 bits per heavy atom. The van der Waals surface area contributed by atoms with Gasteiger partial charge in [-0.3, -0.25) is 14.6 Å². The van der Waals surface area contributed by atoms with Crippen molar-refractivity contribution in [1.82, 2.24) is 19.4 Å². The highest BCUT2D eigenvalue weighted by atomic mass is 16.3. The van der Waals surface area contributed by atoms with Crippen molar-refractivity contribution >= 4 is 17.4 Å². The lowest BCUT2D eigenvalue weighted by Gasteiger charge is -2.25. The van der Waals surface area contributed by atoms with Gasteiger partial charge in [0.25, 0.3) is 11.7 Å². The van der Waals surface area contributed by atoms with Crippen molar-refractivity contribution in [2.45, 2.75) is 25.9 Å². The van der Waals surface area contributed by atoms with Gasteiger partial charge in [0.1, 0.15) is 5.76 Å². The fourth-order valence-electron chi connectivity index (χ4n) is 3.71. The second-order valence-electron chi connectivity index (χ2n) is 7.29. The van der Waals surface area contributed by atoms with Crippen molar-refractivity contribution in [3.8, 4) is 0 Å². The SMILES string of the molecule is Cc1ccc(C2C(=C(O)c3ccncc3)C(=O)C(=O)N2CCCn2ccnc2)cc1. The molecule has 1 saturated heterocycles. The van der Waals surface area contributed by atoms with Gasteiger partial charge in [0.2, 0.25) is 0 Å². The number of hydrogen-bond acceptors (Lipinski definition) is 5. The summed E-state index contributed by atoms with van der Waals surface area (Å²) >= 11 is 0. The maximum atomic E-state index is 12.9. The molecule has 4 rings (SSSR count). The van der Waals surface area contributed by atoms with Crippen LogP contribution in [-0.2, 0) is 16.1 Å². The summed E-state index contributed by atoms with van der Waals surface area (Å²) in [6, 6.07) is 10.3. The average Bonchev–Trinajstić information content (AvgIpc) is 3.37. The third-order valence-corrected chi connectivity index (χ3v) is 5.26. The minimum Gasteiger partial charge on any atom is -0.507 e. The van der Waals surface area contributed by atoms with Crippen molar-refractivity contribution < 1.29 is 14.7 Å². The number of aliphatic hydroxyl groups excluding tert-OH is 1. The smallest absolute Gasteiger partial charge is 0.295 e. The van der Waals surface area contributed by atoms with Crippen LogP contribution in [0.3, 0.4) is 0 Å². The molecule has 0 spiro atoms. The Balaban J connectivity index is 1.72. The molecule has 1 unspecified atom stereocenters. The zero-order chi connectivity index (χ0) is 21.1.